The van der Waals surface area contributed by atoms with E-state index in [9.17, 15) is 4.79 Å². The molecule has 0 aliphatic carbocycles. The van der Waals surface area contributed by atoms with Crippen LogP contribution in [0.1, 0.15) is 25.5 Å². The Kier molecular flexibility index (Phi) is 4.44. The second-order valence-electron chi connectivity index (χ2n) is 4.46. The molecule has 2 rings (SSSR count). The van der Waals surface area contributed by atoms with Crippen LogP contribution < -0.4 is 0 Å². The number of ether oxygens (including phenoxy) is 2. The van der Waals surface area contributed by atoms with Gasteiger partial charge in [0.15, 0.2) is 5.78 Å². The molecular weight excluding hydrogens is 230 g/mol. The molecule has 0 N–H and O–H groups in total. The Bertz CT molecular complexity index is 380. The fraction of sp³-hybridized carbons (Fsp3) is 0.571. The third kappa shape index (κ3) is 2.94. The first kappa shape index (κ1) is 13.2. The summed E-state index contributed by atoms with van der Waals surface area (Å²) in [4.78, 5) is 16.7. The highest BCUT2D eigenvalue weighted by Crippen LogP contribution is 2.27. The van der Waals surface area contributed by atoms with Gasteiger partial charge in [0.2, 0.25) is 0 Å². The molecule has 0 amide bonds. The van der Waals surface area contributed by atoms with Gasteiger partial charge in [-0.15, -0.1) is 0 Å². The van der Waals surface area contributed by atoms with Gasteiger partial charge in [0.25, 0.3) is 0 Å². The number of carbonyl (C=O) groups excluding carboxylic acids is 1. The fourth-order valence-electron chi connectivity index (χ4n) is 2.31. The number of nitrogens with zero attached hydrogens (tertiary/aromatic N) is 1. The summed E-state index contributed by atoms with van der Waals surface area (Å²) in [6.07, 6.45) is 3.33. The molecule has 0 aromatic carbocycles. The molecule has 1 fully saturated rings. The summed E-state index contributed by atoms with van der Waals surface area (Å²) in [7, 11) is 0. The lowest BCUT2D eigenvalue weighted by Gasteiger charge is -2.35. The lowest BCUT2D eigenvalue weighted by atomic mass is 9.87. The van der Waals surface area contributed by atoms with Crippen LogP contribution in [0.3, 0.4) is 0 Å². The van der Waals surface area contributed by atoms with E-state index in [1.165, 1.54) is 0 Å². The monoisotopic (exact) mass is 249 g/mol. The van der Waals surface area contributed by atoms with Crippen molar-refractivity contribution in [2.45, 2.75) is 31.8 Å². The van der Waals surface area contributed by atoms with Gasteiger partial charge in [0.05, 0.1) is 6.42 Å². The van der Waals surface area contributed by atoms with Gasteiger partial charge in [-0.3, -0.25) is 9.78 Å². The van der Waals surface area contributed by atoms with Gasteiger partial charge in [-0.1, -0.05) is 6.07 Å². The number of hydrogen-bond acceptors (Lipinski definition) is 4. The first-order valence-corrected chi connectivity index (χ1v) is 6.42. The van der Waals surface area contributed by atoms with Crippen LogP contribution in [-0.2, 0) is 20.7 Å². The SMILES string of the molecule is CCOC1(C(=O)Cc2ccccn2)CCOCC1. The van der Waals surface area contributed by atoms with E-state index in [-0.39, 0.29) is 5.78 Å². The van der Waals surface area contributed by atoms with Crippen LogP contribution >= 0.6 is 0 Å². The predicted molar refractivity (Wildman–Crippen MR) is 67.4 cm³/mol. The van der Waals surface area contributed by atoms with Crippen molar-refractivity contribution in [2.24, 2.45) is 0 Å². The summed E-state index contributed by atoms with van der Waals surface area (Å²) >= 11 is 0. The maximum Gasteiger partial charge on any atom is 0.170 e. The van der Waals surface area contributed by atoms with Crippen LogP contribution in [0.15, 0.2) is 24.4 Å². The van der Waals surface area contributed by atoms with Gasteiger partial charge in [0.1, 0.15) is 5.60 Å². The number of Topliss-reactive ketones (excluding diaryl/α,β-unsaturated/α-hetero) is 1. The first-order chi connectivity index (χ1) is 8.77. The maximum absolute atomic E-state index is 12.5. The van der Waals surface area contributed by atoms with E-state index in [1.54, 1.807) is 6.20 Å². The van der Waals surface area contributed by atoms with E-state index < -0.39 is 5.60 Å². The molecule has 2 heterocycles. The molecule has 1 saturated heterocycles. The molecule has 0 spiro atoms. The largest absolute Gasteiger partial charge is 0.381 e. The van der Waals surface area contributed by atoms with E-state index in [0.717, 1.165) is 5.69 Å². The third-order valence-corrected chi connectivity index (χ3v) is 3.30. The van der Waals surface area contributed by atoms with Crippen molar-refractivity contribution in [1.82, 2.24) is 4.98 Å². The lowest BCUT2D eigenvalue weighted by Crippen LogP contribution is -2.47. The molecular formula is C14H19NO3. The topological polar surface area (TPSA) is 48.4 Å². The molecule has 0 atom stereocenters. The van der Waals surface area contributed by atoms with E-state index in [2.05, 4.69) is 4.98 Å². The number of aromatic nitrogens is 1. The second kappa shape index (κ2) is 6.07. The fourth-order valence-corrected chi connectivity index (χ4v) is 2.31. The number of hydrogen-bond donors (Lipinski definition) is 0. The molecule has 0 bridgehead atoms. The van der Waals surface area contributed by atoms with E-state index >= 15 is 0 Å². The Morgan fingerprint density at radius 3 is 2.83 bits per heavy atom. The minimum atomic E-state index is -0.662. The Balaban J connectivity index is 2.08. The zero-order chi connectivity index (χ0) is 12.8. The average Bonchev–Trinajstić information content (AvgIpc) is 2.41. The molecule has 0 saturated carbocycles. The van der Waals surface area contributed by atoms with Crippen molar-refractivity contribution in [3.63, 3.8) is 0 Å². The molecule has 4 nitrogen and oxygen atoms in total. The predicted octanol–water partition coefficient (Wildman–Crippen LogP) is 1.78. The Morgan fingerprint density at radius 2 is 2.22 bits per heavy atom. The number of carbonyl (C=O) groups is 1. The molecule has 1 aliphatic heterocycles. The molecule has 18 heavy (non-hydrogen) atoms. The van der Waals surface area contributed by atoms with Gasteiger partial charge in [-0.05, 0) is 19.1 Å². The van der Waals surface area contributed by atoms with E-state index in [0.29, 0.717) is 39.1 Å². The van der Waals surface area contributed by atoms with Gasteiger partial charge >= 0.3 is 0 Å². The molecule has 1 aromatic rings. The van der Waals surface area contributed by atoms with E-state index in [4.69, 9.17) is 9.47 Å². The minimum Gasteiger partial charge on any atom is -0.381 e. The normalized spacial score (nSPS) is 18.5. The van der Waals surface area contributed by atoms with Crippen LogP contribution in [0.5, 0.6) is 0 Å². The first-order valence-electron chi connectivity index (χ1n) is 6.42. The number of ketones is 1. The summed E-state index contributed by atoms with van der Waals surface area (Å²) in [5.41, 5.74) is 0.137. The van der Waals surface area contributed by atoms with Crippen LogP contribution in [0.2, 0.25) is 0 Å². The van der Waals surface area contributed by atoms with Gasteiger partial charge < -0.3 is 9.47 Å². The molecule has 4 heteroatoms. The van der Waals surface area contributed by atoms with Crippen molar-refractivity contribution in [2.75, 3.05) is 19.8 Å². The quantitative estimate of drug-likeness (QED) is 0.798. The summed E-state index contributed by atoms with van der Waals surface area (Å²) < 4.78 is 11.1. The lowest BCUT2D eigenvalue weighted by molar-refractivity contribution is -0.156. The Labute approximate surface area is 107 Å². The second-order valence-corrected chi connectivity index (χ2v) is 4.46. The minimum absolute atomic E-state index is 0.117. The van der Waals surface area contributed by atoms with Crippen LogP contribution in [0.4, 0.5) is 0 Å². The number of pyridine rings is 1. The highest BCUT2D eigenvalue weighted by molar-refractivity contribution is 5.89. The van der Waals surface area contributed by atoms with E-state index in [1.807, 2.05) is 25.1 Å². The van der Waals surface area contributed by atoms with Crippen molar-refractivity contribution < 1.29 is 14.3 Å². The van der Waals surface area contributed by atoms with Gasteiger partial charge in [-0.2, -0.15) is 0 Å². The van der Waals surface area contributed by atoms with Crippen LogP contribution in [0, 0.1) is 0 Å². The standard InChI is InChI=1S/C14H19NO3/c1-2-18-14(6-9-17-10-7-14)13(16)11-12-5-3-4-8-15-12/h3-5,8H,2,6-7,9-11H2,1H3. The highest BCUT2D eigenvalue weighted by atomic mass is 16.5. The average molecular weight is 249 g/mol. The van der Waals surface area contributed by atoms with Crippen molar-refractivity contribution in [3.05, 3.63) is 30.1 Å². The summed E-state index contributed by atoms with van der Waals surface area (Å²) in [6, 6.07) is 5.62. The van der Waals surface area contributed by atoms with Crippen molar-refractivity contribution in [1.29, 1.82) is 0 Å². The smallest absolute Gasteiger partial charge is 0.170 e. The van der Waals surface area contributed by atoms with Crippen LogP contribution in [0.25, 0.3) is 0 Å². The highest BCUT2D eigenvalue weighted by Gasteiger charge is 2.40. The third-order valence-electron chi connectivity index (χ3n) is 3.30. The van der Waals surface area contributed by atoms with Crippen LogP contribution in [-0.4, -0.2) is 36.2 Å². The summed E-state index contributed by atoms with van der Waals surface area (Å²) in [5, 5.41) is 0. The molecule has 1 aliphatic rings. The molecule has 1 aromatic heterocycles. The summed E-state index contributed by atoms with van der Waals surface area (Å²) in [6.45, 7) is 3.65. The molecule has 0 unspecified atom stereocenters. The summed E-state index contributed by atoms with van der Waals surface area (Å²) in [5.74, 6) is 0.117. The maximum atomic E-state index is 12.5. The molecule has 98 valence electrons. The Morgan fingerprint density at radius 1 is 1.44 bits per heavy atom. The zero-order valence-electron chi connectivity index (χ0n) is 10.7. The molecule has 0 radical (unpaired) electrons. The van der Waals surface area contributed by atoms with Crippen molar-refractivity contribution >= 4 is 5.78 Å². The zero-order valence-corrected chi connectivity index (χ0v) is 10.7. The van der Waals surface area contributed by atoms with Gasteiger partial charge in [0, 0.05) is 44.6 Å². The Hall–Kier alpha value is -1.26. The number of rotatable bonds is 5. The van der Waals surface area contributed by atoms with Crippen molar-refractivity contribution in [3.8, 4) is 0 Å². The van der Waals surface area contributed by atoms with Gasteiger partial charge in [-0.25, -0.2) is 0 Å².